The molecule has 0 aromatic carbocycles. The number of hydrogen-bond acceptors (Lipinski definition) is 4. The quantitative estimate of drug-likeness (QED) is 0.907. The summed E-state index contributed by atoms with van der Waals surface area (Å²) >= 11 is 0. The summed E-state index contributed by atoms with van der Waals surface area (Å²) in [6, 6.07) is 2.13. The van der Waals surface area contributed by atoms with Gasteiger partial charge in [0.15, 0.2) is 0 Å². The highest BCUT2D eigenvalue weighted by Gasteiger charge is 2.53. The van der Waals surface area contributed by atoms with E-state index in [0.29, 0.717) is 6.04 Å². The minimum absolute atomic E-state index is 0.0747. The normalized spacial score (nSPS) is 22.9. The third-order valence-electron chi connectivity index (χ3n) is 5.48. The topological polar surface area (TPSA) is 58.1 Å². The van der Waals surface area contributed by atoms with E-state index in [1.807, 2.05) is 6.07 Å². The number of carbonyl (C=O) groups excluding carboxylic acids is 1. The molecule has 1 aromatic heterocycles. The van der Waals surface area contributed by atoms with Gasteiger partial charge in [-0.1, -0.05) is 20.3 Å². The molecule has 1 saturated heterocycles. The molecule has 2 aliphatic rings. The van der Waals surface area contributed by atoms with E-state index in [2.05, 4.69) is 34.0 Å². The van der Waals surface area contributed by atoms with E-state index < -0.39 is 0 Å². The minimum Gasteiger partial charge on any atom is -0.353 e. The van der Waals surface area contributed by atoms with Crippen LogP contribution in [0.25, 0.3) is 0 Å². The SMILES string of the molecule is CCC(CC)NC(=O)C1CN(c2ncccn2)CC12CCC2. The smallest absolute Gasteiger partial charge is 0.225 e. The summed E-state index contributed by atoms with van der Waals surface area (Å²) in [7, 11) is 0. The fraction of sp³-hybridized carbons (Fsp3) is 0.706. The van der Waals surface area contributed by atoms with Crippen LogP contribution in [0.15, 0.2) is 18.5 Å². The molecular formula is C17H26N4O. The van der Waals surface area contributed by atoms with Crippen LogP contribution in [-0.2, 0) is 4.79 Å². The second kappa shape index (κ2) is 6.23. The van der Waals surface area contributed by atoms with Gasteiger partial charge in [0.2, 0.25) is 11.9 Å². The first kappa shape index (κ1) is 15.3. The zero-order valence-corrected chi connectivity index (χ0v) is 13.6. The lowest BCUT2D eigenvalue weighted by Crippen LogP contribution is -2.47. The first-order chi connectivity index (χ1) is 10.7. The van der Waals surface area contributed by atoms with E-state index in [4.69, 9.17) is 0 Å². The molecule has 1 amide bonds. The number of hydrogen-bond donors (Lipinski definition) is 1. The summed E-state index contributed by atoms with van der Waals surface area (Å²) in [6.45, 7) is 5.92. The van der Waals surface area contributed by atoms with E-state index in [-0.39, 0.29) is 17.2 Å². The number of amides is 1. The van der Waals surface area contributed by atoms with Crippen LogP contribution < -0.4 is 10.2 Å². The molecule has 5 heteroatoms. The Morgan fingerprint density at radius 2 is 2.05 bits per heavy atom. The van der Waals surface area contributed by atoms with Crippen molar-refractivity contribution in [2.24, 2.45) is 11.3 Å². The van der Waals surface area contributed by atoms with Crippen LogP contribution in [0, 0.1) is 11.3 Å². The van der Waals surface area contributed by atoms with Crippen LogP contribution in [0.1, 0.15) is 46.0 Å². The van der Waals surface area contributed by atoms with Crippen molar-refractivity contribution in [3.05, 3.63) is 18.5 Å². The molecule has 1 saturated carbocycles. The summed E-state index contributed by atoms with van der Waals surface area (Å²) in [5.41, 5.74) is 0.148. The lowest BCUT2D eigenvalue weighted by Gasteiger charge is -2.42. The number of nitrogens with zero attached hydrogens (tertiary/aromatic N) is 3. The molecule has 5 nitrogen and oxygen atoms in total. The Hall–Kier alpha value is -1.65. The molecule has 1 spiro atoms. The van der Waals surface area contributed by atoms with Crippen molar-refractivity contribution in [3.63, 3.8) is 0 Å². The van der Waals surface area contributed by atoms with Crippen LogP contribution in [0.3, 0.4) is 0 Å². The summed E-state index contributed by atoms with van der Waals surface area (Å²) < 4.78 is 0. The second-order valence-corrected chi connectivity index (χ2v) is 6.72. The van der Waals surface area contributed by atoms with Crippen LogP contribution in [0.4, 0.5) is 5.95 Å². The fourth-order valence-corrected chi connectivity index (χ4v) is 3.87. The molecular weight excluding hydrogens is 276 g/mol. The van der Waals surface area contributed by atoms with Gasteiger partial charge in [0.1, 0.15) is 0 Å². The van der Waals surface area contributed by atoms with Crippen molar-refractivity contribution in [2.45, 2.75) is 52.0 Å². The molecule has 1 atom stereocenters. The maximum Gasteiger partial charge on any atom is 0.225 e. The molecule has 0 radical (unpaired) electrons. The van der Waals surface area contributed by atoms with Crippen molar-refractivity contribution in [1.29, 1.82) is 0 Å². The predicted octanol–water partition coefficient (Wildman–Crippen LogP) is 2.39. The number of nitrogens with one attached hydrogen (secondary N) is 1. The lowest BCUT2D eigenvalue weighted by molar-refractivity contribution is -0.130. The van der Waals surface area contributed by atoms with Gasteiger partial charge >= 0.3 is 0 Å². The Kier molecular flexibility index (Phi) is 4.32. The van der Waals surface area contributed by atoms with Gasteiger partial charge in [-0.3, -0.25) is 4.79 Å². The Morgan fingerprint density at radius 1 is 1.36 bits per heavy atom. The van der Waals surface area contributed by atoms with Crippen molar-refractivity contribution < 1.29 is 4.79 Å². The summed E-state index contributed by atoms with van der Waals surface area (Å²) in [6.07, 6.45) is 9.06. The van der Waals surface area contributed by atoms with Crippen molar-refractivity contribution in [1.82, 2.24) is 15.3 Å². The molecule has 1 aliphatic heterocycles. The first-order valence-corrected chi connectivity index (χ1v) is 8.51. The number of aromatic nitrogens is 2. The van der Waals surface area contributed by atoms with E-state index in [9.17, 15) is 4.79 Å². The first-order valence-electron chi connectivity index (χ1n) is 8.51. The van der Waals surface area contributed by atoms with E-state index in [1.165, 1.54) is 6.42 Å². The molecule has 22 heavy (non-hydrogen) atoms. The van der Waals surface area contributed by atoms with Crippen molar-refractivity contribution >= 4 is 11.9 Å². The van der Waals surface area contributed by atoms with Crippen LogP contribution in [0.5, 0.6) is 0 Å². The third kappa shape index (κ3) is 2.69. The second-order valence-electron chi connectivity index (χ2n) is 6.72. The Bertz CT molecular complexity index is 511. The average Bonchev–Trinajstić information content (AvgIpc) is 2.94. The predicted molar refractivity (Wildman–Crippen MR) is 86.5 cm³/mol. The van der Waals surface area contributed by atoms with Crippen LogP contribution in [0.2, 0.25) is 0 Å². The summed E-state index contributed by atoms with van der Waals surface area (Å²) in [4.78, 5) is 23.7. The van der Waals surface area contributed by atoms with Crippen molar-refractivity contribution in [3.8, 4) is 0 Å². The lowest BCUT2D eigenvalue weighted by atomic mass is 9.62. The van der Waals surface area contributed by atoms with E-state index >= 15 is 0 Å². The fourth-order valence-electron chi connectivity index (χ4n) is 3.87. The van der Waals surface area contributed by atoms with E-state index in [0.717, 1.165) is 44.7 Å². The Balaban J connectivity index is 1.74. The minimum atomic E-state index is 0.0747. The maximum atomic E-state index is 12.8. The van der Waals surface area contributed by atoms with Crippen LogP contribution in [-0.4, -0.2) is 35.0 Å². The number of rotatable bonds is 5. The summed E-state index contributed by atoms with van der Waals surface area (Å²) in [5, 5.41) is 3.25. The molecule has 2 fully saturated rings. The summed E-state index contributed by atoms with van der Waals surface area (Å²) in [5.74, 6) is 1.06. The van der Waals surface area contributed by atoms with Gasteiger partial charge in [-0.15, -0.1) is 0 Å². The Labute approximate surface area is 132 Å². The van der Waals surface area contributed by atoms with Gasteiger partial charge in [0.05, 0.1) is 5.92 Å². The zero-order chi connectivity index (χ0) is 15.6. The highest BCUT2D eigenvalue weighted by atomic mass is 16.2. The average molecular weight is 302 g/mol. The number of anilines is 1. The van der Waals surface area contributed by atoms with Gasteiger partial charge in [0, 0.05) is 36.9 Å². The molecule has 1 aromatic rings. The van der Waals surface area contributed by atoms with Gasteiger partial charge < -0.3 is 10.2 Å². The van der Waals surface area contributed by atoms with E-state index in [1.54, 1.807) is 12.4 Å². The zero-order valence-electron chi connectivity index (χ0n) is 13.6. The molecule has 120 valence electrons. The maximum absolute atomic E-state index is 12.8. The molecule has 1 N–H and O–H groups in total. The molecule has 3 rings (SSSR count). The largest absolute Gasteiger partial charge is 0.353 e. The standard InChI is InChI=1S/C17H26N4O/c1-3-13(4-2)20-15(22)14-11-21(12-17(14)7-5-8-17)16-18-9-6-10-19-16/h6,9-10,13-14H,3-5,7-8,11-12H2,1-2H3,(H,20,22). The molecule has 1 aliphatic carbocycles. The van der Waals surface area contributed by atoms with Crippen molar-refractivity contribution in [2.75, 3.05) is 18.0 Å². The highest BCUT2D eigenvalue weighted by molar-refractivity contribution is 5.81. The van der Waals surface area contributed by atoms with Gasteiger partial charge in [-0.05, 0) is 31.7 Å². The highest BCUT2D eigenvalue weighted by Crippen LogP contribution is 2.52. The van der Waals surface area contributed by atoms with Gasteiger partial charge in [-0.2, -0.15) is 0 Å². The Morgan fingerprint density at radius 3 is 2.59 bits per heavy atom. The monoisotopic (exact) mass is 302 g/mol. The van der Waals surface area contributed by atoms with Crippen LogP contribution >= 0.6 is 0 Å². The molecule has 0 bridgehead atoms. The number of carbonyl (C=O) groups is 1. The van der Waals surface area contributed by atoms with Gasteiger partial charge in [0.25, 0.3) is 0 Å². The molecule has 1 unspecified atom stereocenters. The van der Waals surface area contributed by atoms with Gasteiger partial charge in [-0.25, -0.2) is 9.97 Å². The third-order valence-corrected chi connectivity index (χ3v) is 5.48. The molecule has 2 heterocycles.